The molecule has 1 heterocycles. The second-order valence-electron chi connectivity index (χ2n) is 4.22. The third kappa shape index (κ3) is 4.40. The number of benzene rings is 1. The van der Waals surface area contributed by atoms with Crippen LogP contribution in [0.15, 0.2) is 42.9 Å². The zero-order valence-electron chi connectivity index (χ0n) is 11.0. The molecular weight excluding hydrogens is 258 g/mol. The van der Waals surface area contributed by atoms with E-state index in [-0.39, 0.29) is 6.61 Å². The summed E-state index contributed by atoms with van der Waals surface area (Å²) in [5.74, 6) is 0.293. The lowest BCUT2D eigenvalue weighted by Gasteiger charge is -2.11. The maximum absolute atomic E-state index is 11.6. The first-order valence-corrected chi connectivity index (χ1v) is 6.33. The summed E-state index contributed by atoms with van der Waals surface area (Å²) >= 11 is 0. The standard InChI is InChI=1S/C14H17N3O3/c15-13(8-11-9-16-10-17-11)14(18)20-7-6-19-12-4-2-1-3-5-12/h1-5,9-10,13H,6-8,15H2,(H,16,17)/t13-/m0/s1. The quantitative estimate of drug-likeness (QED) is 0.579. The molecule has 0 unspecified atom stereocenters. The van der Waals surface area contributed by atoms with Crippen LogP contribution in [0, 0.1) is 0 Å². The van der Waals surface area contributed by atoms with Gasteiger partial charge in [-0.25, -0.2) is 4.98 Å². The molecule has 0 spiro atoms. The molecule has 0 radical (unpaired) electrons. The average molecular weight is 275 g/mol. The lowest BCUT2D eigenvalue weighted by molar-refractivity contribution is -0.145. The van der Waals surface area contributed by atoms with Gasteiger partial charge in [-0.2, -0.15) is 0 Å². The van der Waals surface area contributed by atoms with E-state index in [4.69, 9.17) is 15.2 Å². The van der Waals surface area contributed by atoms with Gasteiger partial charge in [0.15, 0.2) is 0 Å². The SMILES string of the molecule is N[C@@H](Cc1cnc[nH]1)C(=O)OCCOc1ccccc1. The van der Waals surface area contributed by atoms with Gasteiger partial charge in [0, 0.05) is 18.3 Å². The molecule has 0 aliphatic rings. The molecule has 0 amide bonds. The van der Waals surface area contributed by atoms with E-state index in [0.29, 0.717) is 13.0 Å². The maximum Gasteiger partial charge on any atom is 0.323 e. The number of carbonyl (C=O) groups excluding carboxylic acids is 1. The molecule has 0 aliphatic carbocycles. The largest absolute Gasteiger partial charge is 0.490 e. The molecule has 2 rings (SSSR count). The minimum absolute atomic E-state index is 0.171. The fourth-order valence-corrected chi connectivity index (χ4v) is 1.64. The predicted molar refractivity (Wildman–Crippen MR) is 73.2 cm³/mol. The molecule has 1 aromatic heterocycles. The van der Waals surface area contributed by atoms with E-state index in [1.165, 1.54) is 0 Å². The number of H-pyrrole nitrogens is 1. The van der Waals surface area contributed by atoms with Crippen molar-refractivity contribution in [3.05, 3.63) is 48.5 Å². The monoisotopic (exact) mass is 275 g/mol. The first kappa shape index (κ1) is 14.1. The second kappa shape index (κ2) is 7.30. The van der Waals surface area contributed by atoms with Crippen LogP contribution in [0.5, 0.6) is 5.75 Å². The minimum Gasteiger partial charge on any atom is -0.490 e. The van der Waals surface area contributed by atoms with Gasteiger partial charge in [-0.05, 0) is 12.1 Å². The van der Waals surface area contributed by atoms with Gasteiger partial charge in [0.25, 0.3) is 0 Å². The number of ether oxygens (including phenoxy) is 2. The number of hydrogen-bond donors (Lipinski definition) is 2. The molecule has 0 saturated carbocycles. The number of aromatic amines is 1. The molecule has 0 saturated heterocycles. The van der Waals surface area contributed by atoms with Gasteiger partial charge in [0.05, 0.1) is 6.33 Å². The molecule has 0 aliphatic heterocycles. The van der Waals surface area contributed by atoms with E-state index in [1.807, 2.05) is 30.3 Å². The molecule has 106 valence electrons. The van der Waals surface area contributed by atoms with Crippen molar-refractivity contribution in [1.29, 1.82) is 0 Å². The van der Waals surface area contributed by atoms with E-state index in [2.05, 4.69) is 9.97 Å². The van der Waals surface area contributed by atoms with Crippen LogP contribution in [0.4, 0.5) is 0 Å². The van der Waals surface area contributed by atoms with Gasteiger partial charge in [0.2, 0.25) is 0 Å². The van der Waals surface area contributed by atoms with Crippen molar-refractivity contribution in [2.45, 2.75) is 12.5 Å². The van der Waals surface area contributed by atoms with Crippen LogP contribution < -0.4 is 10.5 Å². The highest BCUT2D eigenvalue weighted by Gasteiger charge is 2.16. The maximum atomic E-state index is 11.6. The number of carbonyl (C=O) groups is 1. The highest BCUT2D eigenvalue weighted by atomic mass is 16.6. The molecule has 0 bridgehead atoms. The van der Waals surface area contributed by atoms with Crippen LogP contribution >= 0.6 is 0 Å². The average Bonchev–Trinajstić information content (AvgIpc) is 2.97. The van der Waals surface area contributed by atoms with Gasteiger partial charge in [-0.3, -0.25) is 4.79 Å². The van der Waals surface area contributed by atoms with Gasteiger partial charge < -0.3 is 20.2 Å². The summed E-state index contributed by atoms with van der Waals surface area (Å²) in [5, 5.41) is 0. The zero-order valence-corrected chi connectivity index (χ0v) is 11.0. The van der Waals surface area contributed by atoms with Crippen molar-refractivity contribution in [2.24, 2.45) is 5.73 Å². The summed E-state index contributed by atoms with van der Waals surface area (Å²) < 4.78 is 10.5. The summed E-state index contributed by atoms with van der Waals surface area (Å²) in [6.45, 7) is 0.469. The number of hydrogen-bond acceptors (Lipinski definition) is 5. The first-order valence-electron chi connectivity index (χ1n) is 6.33. The van der Waals surface area contributed by atoms with Crippen molar-refractivity contribution in [3.63, 3.8) is 0 Å². The Morgan fingerprint density at radius 2 is 2.10 bits per heavy atom. The van der Waals surface area contributed by atoms with E-state index in [0.717, 1.165) is 11.4 Å². The van der Waals surface area contributed by atoms with Crippen molar-refractivity contribution in [3.8, 4) is 5.75 Å². The van der Waals surface area contributed by atoms with Crippen molar-refractivity contribution in [2.75, 3.05) is 13.2 Å². The zero-order chi connectivity index (χ0) is 14.2. The molecule has 0 fully saturated rings. The number of aromatic nitrogens is 2. The van der Waals surface area contributed by atoms with Crippen LogP contribution in [-0.4, -0.2) is 35.2 Å². The van der Waals surface area contributed by atoms with E-state index in [9.17, 15) is 4.79 Å². The highest BCUT2D eigenvalue weighted by molar-refractivity contribution is 5.75. The summed E-state index contributed by atoms with van der Waals surface area (Å²) in [6.07, 6.45) is 3.55. The summed E-state index contributed by atoms with van der Waals surface area (Å²) in [7, 11) is 0. The summed E-state index contributed by atoms with van der Waals surface area (Å²) in [6, 6.07) is 8.63. The fraction of sp³-hybridized carbons (Fsp3) is 0.286. The Hall–Kier alpha value is -2.34. The topological polar surface area (TPSA) is 90.2 Å². The second-order valence-corrected chi connectivity index (χ2v) is 4.22. The van der Waals surface area contributed by atoms with Gasteiger partial charge in [-0.15, -0.1) is 0 Å². The summed E-state index contributed by atoms with van der Waals surface area (Å²) in [4.78, 5) is 18.4. The Morgan fingerprint density at radius 3 is 2.80 bits per heavy atom. The van der Waals surface area contributed by atoms with E-state index in [1.54, 1.807) is 12.5 Å². The predicted octanol–water partition coefficient (Wildman–Crippen LogP) is 0.902. The van der Waals surface area contributed by atoms with Crippen molar-refractivity contribution in [1.82, 2.24) is 9.97 Å². The molecule has 1 aromatic carbocycles. The van der Waals surface area contributed by atoms with Crippen LogP contribution in [0.1, 0.15) is 5.69 Å². The molecule has 3 N–H and O–H groups in total. The van der Waals surface area contributed by atoms with Crippen molar-refractivity contribution >= 4 is 5.97 Å². The number of rotatable bonds is 7. The highest BCUT2D eigenvalue weighted by Crippen LogP contribution is 2.07. The molecule has 6 nitrogen and oxygen atoms in total. The third-order valence-electron chi connectivity index (χ3n) is 2.64. The number of nitrogens with one attached hydrogen (secondary N) is 1. The molecule has 1 atom stereocenters. The van der Waals surface area contributed by atoms with Crippen LogP contribution in [0.2, 0.25) is 0 Å². The lowest BCUT2D eigenvalue weighted by atomic mass is 10.2. The van der Waals surface area contributed by atoms with Gasteiger partial charge in [0.1, 0.15) is 25.0 Å². The van der Waals surface area contributed by atoms with Crippen LogP contribution in [-0.2, 0) is 16.0 Å². The van der Waals surface area contributed by atoms with Crippen LogP contribution in [0.3, 0.4) is 0 Å². The Bertz CT molecular complexity index is 514. The van der Waals surface area contributed by atoms with Gasteiger partial charge in [-0.1, -0.05) is 18.2 Å². The Labute approximate surface area is 116 Å². The number of nitrogens with zero attached hydrogens (tertiary/aromatic N) is 1. The lowest BCUT2D eigenvalue weighted by Crippen LogP contribution is -2.35. The number of esters is 1. The normalized spacial score (nSPS) is 11.8. The number of para-hydroxylation sites is 1. The Balaban J connectivity index is 1.65. The van der Waals surface area contributed by atoms with E-state index >= 15 is 0 Å². The Kier molecular flexibility index (Phi) is 5.14. The third-order valence-corrected chi connectivity index (χ3v) is 2.64. The molecule has 20 heavy (non-hydrogen) atoms. The fourth-order valence-electron chi connectivity index (χ4n) is 1.64. The summed E-state index contributed by atoms with van der Waals surface area (Å²) in [5.41, 5.74) is 6.54. The number of nitrogens with two attached hydrogens (primary N) is 1. The minimum atomic E-state index is -0.702. The smallest absolute Gasteiger partial charge is 0.323 e. The first-order chi connectivity index (χ1) is 9.75. The molecule has 2 aromatic rings. The molecule has 6 heteroatoms. The van der Waals surface area contributed by atoms with Crippen molar-refractivity contribution < 1.29 is 14.3 Å². The van der Waals surface area contributed by atoms with E-state index < -0.39 is 12.0 Å². The Morgan fingerprint density at radius 1 is 1.30 bits per heavy atom. The van der Waals surface area contributed by atoms with Crippen LogP contribution in [0.25, 0.3) is 0 Å². The van der Waals surface area contributed by atoms with Gasteiger partial charge >= 0.3 is 5.97 Å². The molecular formula is C14H17N3O3. The number of imidazole rings is 1.